The van der Waals surface area contributed by atoms with Gasteiger partial charge in [-0.25, -0.2) is 8.42 Å². The van der Waals surface area contributed by atoms with E-state index >= 15 is 0 Å². The van der Waals surface area contributed by atoms with Crippen LogP contribution in [-0.4, -0.2) is 68.2 Å². The highest BCUT2D eigenvalue weighted by Crippen LogP contribution is 2.13. The molecule has 0 spiro atoms. The van der Waals surface area contributed by atoms with Crippen molar-refractivity contribution < 1.29 is 17.9 Å². The van der Waals surface area contributed by atoms with Gasteiger partial charge in [-0.1, -0.05) is 12.1 Å². The van der Waals surface area contributed by atoms with Crippen molar-refractivity contribution in [2.45, 2.75) is 26.5 Å². The largest absolute Gasteiger partial charge is 0.378 e. The summed E-state index contributed by atoms with van der Waals surface area (Å²) in [6.45, 7) is 5.78. The summed E-state index contributed by atoms with van der Waals surface area (Å²) in [7, 11) is -3.35. The molecule has 2 rings (SSSR count). The minimum Gasteiger partial charge on any atom is -0.378 e. The quantitative estimate of drug-likeness (QED) is 0.762. The molecule has 1 saturated heterocycles. The summed E-state index contributed by atoms with van der Waals surface area (Å²) < 4.78 is 31.4. The van der Waals surface area contributed by atoms with Crippen LogP contribution in [0.1, 0.15) is 29.8 Å². The summed E-state index contributed by atoms with van der Waals surface area (Å²) in [5.74, 6) is -0.108. The molecule has 2 N–H and O–H groups in total. The van der Waals surface area contributed by atoms with Crippen LogP contribution in [0.3, 0.4) is 0 Å². The maximum Gasteiger partial charge on any atom is 0.253 e. The van der Waals surface area contributed by atoms with E-state index in [1.165, 1.54) is 4.31 Å². The van der Waals surface area contributed by atoms with E-state index in [-0.39, 0.29) is 24.4 Å². The number of amides is 1. The number of carbonyl (C=O) groups is 1. The SMILES string of the molecule is CC(C)OCCS(=O)(=O)N1CCN(C(=O)c2ccc(CN)cc2)CC1. The van der Waals surface area contributed by atoms with E-state index in [2.05, 4.69) is 0 Å². The molecule has 0 unspecified atom stereocenters. The number of hydrogen-bond donors (Lipinski definition) is 1. The number of hydrogen-bond acceptors (Lipinski definition) is 5. The van der Waals surface area contributed by atoms with Gasteiger partial charge < -0.3 is 15.4 Å². The molecule has 0 radical (unpaired) electrons. The zero-order chi connectivity index (χ0) is 18.4. The Balaban J connectivity index is 1.88. The monoisotopic (exact) mass is 369 g/mol. The molecular formula is C17H27N3O4S. The number of ether oxygens (including phenoxy) is 1. The molecule has 1 aromatic rings. The number of rotatable bonds is 7. The number of piperazine rings is 1. The molecule has 8 heteroatoms. The second-order valence-corrected chi connectivity index (χ2v) is 8.42. The summed E-state index contributed by atoms with van der Waals surface area (Å²) in [5, 5.41) is 0. The zero-order valence-electron chi connectivity index (χ0n) is 14.8. The van der Waals surface area contributed by atoms with E-state index in [4.69, 9.17) is 10.5 Å². The number of nitrogens with zero attached hydrogens (tertiary/aromatic N) is 2. The van der Waals surface area contributed by atoms with Crippen molar-refractivity contribution in [1.82, 2.24) is 9.21 Å². The summed E-state index contributed by atoms with van der Waals surface area (Å²) in [4.78, 5) is 14.2. The van der Waals surface area contributed by atoms with E-state index in [1.807, 2.05) is 26.0 Å². The molecule has 140 valence electrons. The van der Waals surface area contributed by atoms with Crippen molar-refractivity contribution >= 4 is 15.9 Å². The fraction of sp³-hybridized carbons (Fsp3) is 0.588. The van der Waals surface area contributed by atoms with Gasteiger partial charge in [-0.15, -0.1) is 0 Å². The topological polar surface area (TPSA) is 92.9 Å². The third-order valence-electron chi connectivity index (χ3n) is 4.15. The van der Waals surface area contributed by atoms with Gasteiger partial charge in [-0.2, -0.15) is 4.31 Å². The van der Waals surface area contributed by atoms with Gasteiger partial charge in [0.05, 0.1) is 18.5 Å². The average molecular weight is 369 g/mol. The predicted octanol–water partition coefficient (Wildman–Crippen LogP) is 0.658. The van der Waals surface area contributed by atoms with Crippen LogP contribution in [0.2, 0.25) is 0 Å². The fourth-order valence-electron chi connectivity index (χ4n) is 2.65. The lowest BCUT2D eigenvalue weighted by atomic mass is 10.1. The average Bonchev–Trinajstić information content (AvgIpc) is 2.61. The van der Waals surface area contributed by atoms with Crippen molar-refractivity contribution in [3.8, 4) is 0 Å². The van der Waals surface area contributed by atoms with Gasteiger partial charge in [0.2, 0.25) is 10.0 Å². The Morgan fingerprint density at radius 1 is 1.16 bits per heavy atom. The van der Waals surface area contributed by atoms with Gasteiger partial charge in [0, 0.05) is 38.3 Å². The fourth-order valence-corrected chi connectivity index (χ4v) is 3.94. The molecule has 1 amide bonds. The van der Waals surface area contributed by atoms with E-state index in [1.54, 1.807) is 17.0 Å². The van der Waals surface area contributed by atoms with Gasteiger partial charge in [0.25, 0.3) is 5.91 Å². The van der Waals surface area contributed by atoms with Crippen molar-refractivity contribution in [3.05, 3.63) is 35.4 Å². The second kappa shape index (κ2) is 8.75. The molecule has 0 bridgehead atoms. The first kappa shape index (κ1) is 19.8. The number of carbonyl (C=O) groups excluding carboxylic acids is 1. The molecule has 1 heterocycles. The van der Waals surface area contributed by atoms with Gasteiger partial charge >= 0.3 is 0 Å². The third-order valence-corrected chi connectivity index (χ3v) is 5.98. The Bertz CT molecular complexity index is 666. The van der Waals surface area contributed by atoms with Crippen molar-refractivity contribution in [2.24, 2.45) is 5.73 Å². The molecule has 0 aromatic heterocycles. The van der Waals surface area contributed by atoms with Gasteiger partial charge in [-0.3, -0.25) is 4.79 Å². The van der Waals surface area contributed by atoms with Gasteiger partial charge in [0.15, 0.2) is 0 Å². The van der Waals surface area contributed by atoms with Gasteiger partial charge in [0.1, 0.15) is 0 Å². The Kier molecular flexibility index (Phi) is 6.95. The number of nitrogens with two attached hydrogens (primary N) is 1. The molecule has 1 aliphatic heterocycles. The predicted molar refractivity (Wildman–Crippen MR) is 96.7 cm³/mol. The molecule has 0 saturated carbocycles. The normalized spacial score (nSPS) is 16.4. The highest BCUT2D eigenvalue weighted by Gasteiger charge is 2.29. The molecule has 0 aliphatic carbocycles. The highest BCUT2D eigenvalue weighted by atomic mass is 32.2. The van der Waals surface area contributed by atoms with Crippen LogP contribution in [0.15, 0.2) is 24.3 Å². The number of sulfonamides is 1. The van der Waals surface area contributed by atoms with Crippen molar-refractivity contribution in [3.63, 3.8) is 0 Å². The lowest BCUT2D eigenvalue weighted by Gasteiger charge is -2.34. The highest BCUT2D eigenvalue weighted by molar-refractivity contribution is 7.89. The molecule has 0 atom stereocenters. The Hall–Kier alpha value is -1.48. The summed E-state index contributed by atoms with van der Waals surface area (Å²) in [6.07, 6.45) is 0.00956. The van der Waals surface area contributed by atoms with E-state index in [9.17, 15) is 13.2 Å². The molecule has 7 nitrogen and oxygen atoms in total. The Labute approximate surface area is 149 Å². The van der Waals surface area contributed by atoms with Crippen LogP contribution in [0.4, 0.5) is 0 Å². The third kappa shape index (κ3) is 5.50. The standard InChI is InChI=1S/C17H27N3O4S/c1-14(2)24-11-12-25(22,23)20-9-7-19(8-10-20)17(21)16-5-3-15(13-18)4-6-16/h3-6,14H,7-13,18H2,1-2H3. The second-order valence-electron chi connectivity index (χ2n) is 6.33. The minimum atomic E-state index is -3.35. The molecular weight excluding hydrogens is 342 g/mol. The van der Waals surface area contributed by atoms with Crippen LogP contribution in [0, 0.1) is 0 Å². The first-order valence-corrected chi connectivity index (χ1v) is 10.1. The lowest BCUT2D eigenvalue weighted by molar-refractivity contribution is 0.0693. The van der Waals surface area contributed by atoms with Crippen LogP contribution in [0.5, 0.6) is 0 Å². The van der Waals surface area contributed by atoms with Crippen LogP contribution < -0.4 is 5.73 Å². The van der Waals surface area contributed by atoms with Crippen molar-refractivity contribution in [2.75, 3.05) is 38.5 Å². The molecule has 1 aromatic carbocycles. The first-order chi connectivity index (χ1) is 11.8. The molecule has 25 heavy (non-hydrogen) atoms. The smallest absolute Gasteiger partial charge is 0.253 e. The Morgan fingerprint density at radius 2 is 1.76 bits per heavy atom. The van der Waals surface area contributed by atoms with E-state index < -0.39 is 10.0 Å². The summed E-state index contributed by atoms with van der Waals surface area (Å²) in [5.41, 5.74) is 7.12. The molecule has 1 fully saturated rings. The van der Waals surface area contributed by atoms with Crippen LogP contribution >= 0.6 is 0 Å². The van der Waals surface area contributed by atoms with E-state index in [0.29, 0.717) is 38.3 Å². The van der Waals surface area contributed by atoms with Crippen LogP contribution in [-0.2, 0) is 21.3 Å². The zero-order valence-corrected chi connectivity index (χ0v) is 15.7. The summed E-state index contributed by atoms with van der Waals surface area (Å²) in [6, 6.07) is 7.19. The lowest BCUT2D eigenvalue weighted by Crippen LogP contribution is -2.51. The van der Waals surface area contributed by atoms with Crippen molar-refractivity contribution in [1.29, 1.82) is 0 Å². The minimum absolute atomic E-state index is 0.00956. The Morgan fingerprint density at radius 3 is 2.28 bits per heavy atom. The summed E-state index contributed by atoms with van der Waals surface area (Å²) >= 11 is 0. The van der Waals surface area contributed by atoms with Gasteiger partial charge in [-0.05, 0) is 31.5 Å². The maximum atomic E-state index is 12.5. The molecule has 1 aliphatic rings. The van der Waals surface area contributed by atoms with Crippen LogP contribution in [0.25, 0.3) is 0 Å². The maximum absolute atomic E-state index is 12.5. The first-order valence-electron chi connectivity index (χ1n) is 8.51. The number of benzene rings is 1. The van der Waals surface area contributed by atoms with E-state index in [0.717, 1.165) is 5.56 Å².